The van der Waals surface area contributed by atoms with E-state index < -0.39 is 0 Å². The highest BCUT2D eigenvalue weighted by molar-refractivity contribution is 8.01. The second-order valence-electron chi connectivity index (χ2n) is 3.63. The number of nitrogens with zero attached hydrogens (tertiary/aromatic N) is 2. The van der Waals surface area contributed by atoms with Crippen LogP contribution in [0.5, 0.6) is 0 Å². The van der Waals surface area contributed by atoms with Crippen molar-refractivity contribution in [3.05, 3.63) is 30.3 Å². The Labute approximate surface area is 107 Å². The second-order valence-corrected chi connectivity index (χ2v) is 5.88. The number of epoxide rings is 1. The normalized spacial score (nSPS) is 18.0. The third-order valence-electron chi connectivity index (χ3n) is 2.23. The molecule has 0 spiro atoms. The van der Waals surface area contributed by atoms with Crippen molar-refractivity contribution >= 4 is 33.9 Å². The van der Waals surface area contributed by atoms with Crippen LogP contribution in [0.4, 0.5) is 10.8 Å². The zero-order valence-corrected chi connectivity index (χ0v) is 10.6. The predicted molar refractivity (Wildman–Crippen MR) is 70.1 cm³/mol. The molecule has 1 aliphatic heterocycles. The van der Waals surface area contributed by atoms with Crippen LogP contribution >= 0.6 is 23.1 Å². The van der Waals surface area contributed by atoms with Crippen molar-refractivity contribution in [3.63, 3.8) is 0 Å². The average Bonchev–Trinajstić information content (AvgIpc) is 3.09. The summed E-state index contributed by atoms with van der Waals surface area (Å²) in [6.07, 6.45) is 0.425. The van der Waals surface area contributed by atoms with Gasteiger partial charge < -0.3 is 10.1 Å². The number of hydrogen-bond acceptors (Lipinski definition) is 6. The van der Waals surface area contributed by atoms with Crippen molar-refractivity contribution in [1.82, 2.24) is 10.2 Å². The fourth-order valence-corrected chi connectivity index (χ4v) is 3.09. The van der Waals surface area contributed by atoms with Gasteiger partial charge in [-0.2, -0.15) is 0 Å². The quantitative estimate of drug-likeness (QED) is 0.665. The summed E-state index contributed by atoms with van der Waals surface area (Å²) in [5.41, 5.74) is 1.03. The van der Waals surface area contributed by atoms with Crippen LogP contribution in [0.25, 0.3) is 0 Å². The summed E-state index contributed by atoms with van der Waals surface area (Å²) in [5, 5.41) is 12.3. The average molecular weight is 265 g/mol. The summed E-state index contributed by atoms with van der Waals surface area (Å²) in [6.45, 7) is 0.890. The summed E-state index contributed by atoms with van der Waals surface area (Å²) in [5.74, 6) is 0.972. The van der Waals surface area contributed by atoms with Gasteiger partial charge >= 0.3 is 0 Å². The number of anilines is 2. The van der Waals surface area contributed by atoms with E-state index in [2.05, 4.69) is 15.5 Å². The highest BCUT2D eigenvalue weighted by Gasteiger charge is 2.23. The van der Waals surface area contributed by atoms with Gasteiger partial charge in [0.2, 0.25) is 5.13 Å². The molecule has 17 heavy (non-hydrogen) atoms. The van der Waals surface area contributed by atoms with Crippen molar-refractivity contribution in [2.45, 2.75) is 10.4 Å². The molecular formula is C11H11N3OS2. The minimum Gasteiger partial charge on any atom is -0.372 e. The lowest BCUT2D eigenvalue weighted by Gasteiger charge is -1.99. The van der Waals surface area contributed by atoms with Crippen molar-refractivity contribution in [1.29, 1.82) is 0 Å². The predicted octanol–water partition coefficient (Wildman–Crippen LogP) is 2.77. The molecule has 1 aliphatic rings. The van der Waals surface area contributed by atoms with E-state index in [1.54, 1.807) is 23.1 Å². The van der Waals surface area contributed by atoms with Crippen LogP contribution in [-0.2, 0) is 4.74 Å². The lowest BCUT2D eigenvalue weighted by Crippen LogP contribution is -1.88. The van der Waals surface area contributed by atoms with E-state index in [0.29, 0.717) is 6.10 Å². The number of para-hydroxylation sites is 1. The number of benzene rings is 1. The van der Waals surface area contributed by atoms with Crippen molar-refractivity contribution in [3.8, 4) is 0 Å². The smallest absolute Gasteiger partial charge is 0.210 e. The number of hydrogen-bond donors (Lipinski definition) is 1. The summed E-state index contributed by atoms with van der Waals surface area (Å²) >= 11 is 3.27. The Morgan fingerprint density at radius 2 is 2.18 bits per heavy atom. The molecule has 1 aromatic heterocycles. The van der Waals surface area contributed by atoms with Gasteiger partial charge in [0, 0.05) is 11.4 Å². The molecule has 6 heteroatoms. The third kappa shape index (κ3) is 3.18. The summed E-state index contributed by atoms with van der Waals surface area (Å²) in [6, 6.07) is 9.98. The van der Waals surface area contributed by atoms with E-state index >= 15 is 0 Å². The molecule has 1 N–H and O–H groups in total. The Balaban J connectivity index is 1.59. The van der Waals surface area contributed by atoms with E-state index in [1.807, 2.05) is 30.3 Å². The minimum absolute atomic E-state index is 0.425. The van der Waals surface area contributed by atoms with E-state index in [-0.39, 0.29) is 0 Å². The first-order valence-corrected chi connectivity index (χ1v) is 7.10. The monoisotopic (exact) mass is 265 g/mol. The van der Waals surface area contributed by atoms with Crippen LogP contribution in [0.2, 0.25) is 0 Å². The van der Waals surface area contributed by atoms with Crippen LogP contribution in [0.1, 0.15) is 0 Å². The Morgan fingerprint density at radius 1 is 1.35 bits per heavy atom. The Kier molecular flexibility index (Phi) is 3.26. The van der Waals surface area contributed by atoms with Crippen molar-refractivity contribution in [2.75, 3.05) is 17.7 Å². The molecular weight excluding hydrogens is 254 g/mol. The van der Waals surface area contributed by atoms with E-state index in [0.717, 1.165) is 27.5 Å². The van der Waals surface area contributed by atoms with Crippen LogP contribution in [0.3, 0.4) is 0 Å². The zero-order chi connectivity index (χ0) is 11.5. The summed E-state index contributed by atoms with van der Waals surface area (Å²) in [4.78, 5) is 0. The van der Waals surface area contributed by atoms with Gasteiger partial charge in [-0.1, -0.05) is 41.3 Å². The molecule has 1 atom stereocenters. The van der Waals surface area contributed by atoms with Crippen LogP contribution in [-0.4, -0.2) is 28.7 Å². The number of thioether (sulfide) groups is 1. The molecule has 1 saturated heterocycles. The van der Waals surface area contributed by atoms with E-state index in [1.165, 1.54) is 0 Å². The van der Waals surface area contributed by atoms with Crippen LogP contribution < -0.4 is 5.32 Å². The number of ether oxygens (including phenoxy) is 1. The molecule has 88 valence electrons. The number of aromatic nitrogens is 2. The van der Waals surface area contributed by atoms with E-state index in [4.69, 9.17) is 4.74 Å². The largest absolute Gasteiger partial charge is 0.372 e. The SMILES string of the molecule is c1ccc(Nc2nnc(SCC3CO3)s2)cc1. The highest BCUT2D eigenvalue weighted by atomic mass is 32.2. The number of rotatable bonds is 5. The minimum atomic E-state index is 0.425. The van der Waals surface area contributed by atoms with Gasteiger partial charge in [-0.05, 0) is 12.1 Å². The molecule has 1 aromatic carbocycles. The molecule has 0 bridgehead atoms. The molecule has 2 aromatic rings. The van der Waals surface area contributed by atoms with Gasteiger partial charge in [0.05, 0.1) is 12.7 Å². The van der Waals surface area contributed by atoms with Crippen molar-refractivity contribution in [2.24, 2.45) is 0 Å². The fraction of sp³-hybridized carbons (Fsp3) is 0.273. The summed E-state index contributed by atoms with van der Waals surface area (Å²) in [7, 11) is 0. The first-order valence-electron chi connectivity index (χ1n) is 5.30. The lowest BCUT2D eigenvalue weighted by molar-refractivity contribution is 0.426. The van der Waals surface area contributed by atoms with Gasteiger partial charge in [0.25, 0.3) is 0 Å². The van der Waals surface area contributed by atoms with Gasteiger partial charge in [0.1, 0.15) is 0 Å². The zero-order valence-electron chi connectivity index (χ0n) is 9.00. The van der Waals surface area contributed by atoms with Gasteiger partial charge in [-0.3, -0.25) is 0 Å². The summed E-state index contributed by atoms with van der Waals surface area (Å²) < 4.78 is 6.14. The molecule has 0 radical (unpaired) electrons. The number of nitrogens with one attached hydrogen (secondary N) is 1. The lowest BCUT2D eigenvalue weighted by atomic mass is 10.3. The maximum atomic E-state index is 5.15. The first-order chi connectivity index (χ1) is 8.40. The molecule has 4 nitrogen and oxygen atoms in total. The van der Waals surface area contributed by atoms with Crippen LogP contribution in [0.15, 0.2) is 34.7 Å². The molecule has 1 unspecified atom stereocenters. The molecule has 0 saturated carbocycles. The highest BCUT2D eigenvalue weighted by Crippen LogP contribution is 2.29. The maximum absolute atomic E-state index is 5.15. The van der Waals surface area contributed by atoms with Gasteiger partial charge in [0.15, 0.2) is 4.34 Å². The van der Waals surface area contributed by atoms with E-state index in [9.17, 15) is 0 Å². The topological polar surface area (TPSA) is 50.3 Å². The molecule has 2 heterocycles. The molecule has 0 aliphatic carbocycles. The van der Waals surface area contributed by atoms with Crippen LogP contribution in [0, 0.1) is 0 Å². The van der Waals surface area contributed by atoms with Gasteiger partial charge in [-0.25, -0.2) is 0 Å². The third-order valence-corrected chi connectivity index (χ3v) is 4.33. The Morgan fingerprint density at radius 3 is 2.94 bits per heavy atom. The van der Waals surface area contributed by atoms with Gasteiger partial charge in [-0.15, -0.1) is 10.2 Å². The first kappa shape index (κ1) is 11.0. The molecule has 3 rings (SSSR count). The Hall–Kier alpha value is -1.11. The maximum Gasteiger partial charge on any atom is 0.210 e. The second kappa shape index (κ2) is 5.03. The fourth-order valence-electron chi connectivity index (χ4n) is 1.29. The molecule has 1 fully saturated rings. The Bertz CT molecular complexity index is 484. The van der Waals surface area contributed by atoms with Crippen molar-refractivity contribution < 1.29 is 4.74 Å². The molecule has 0 amide bonds. The standard InChI is InChI=1S/C11H11N3OS2/c1-2-4-8(5-3-1)12-10-13-14-11(17-10)16-7-9-6-15-9/h1-5,9H,6-7H2,(H,12,13).